The molecule has 0 fully saturated rings. The van der Waals surface area contributed by atoms with E-state index >= 15 is 0 Å². The van der Waals surface area contributed by atoms with E-state index in [-0.39, 0.29) is 5.82 Å². The van der Waals surface area contributed by atoms with Gasteiger partial charge in [0, 0.05) is 5.69 Å². The van der Waals surface area contributed by atoms with E-state index in [0.717, 1.165) is 0 Å². The Balaban J connectivity index is 1.89. The fourth-order valence-corrected chi connectivity index (χ4v) is 1.70. The molecule has 0 saturated carbocycles. The number of rotatable bonds is 3. The molecule has 2 aromatic carbocycles. The van der Waals surface area contributed by atoms with Crippen LogP contribution in [0.15, 0.2) is 47.6 Å². The van der Waals surface area contributed by atoms with Crippen molar-refractivity contribution < 1.29 is 14.0 Å². The van der Waals surface area contributed by atoms with Gasteiger partial charge in [0.1, 0.15) is 5.82 Å². The van der Waals surface area contributed by atoms with Crippen molar-refractivity contribution in [2.45, 2.75) is 0 Å². The number of amides is 1. The number of carbonyl (C=O) groups excluding carboxylic acids is 1. The summed E-state index contributed by atoms with van der Waals surface area (Å²) in [5.41, 5.74) is 1.02. The smallest absolute Gasteiger partial charge is 0.298 e. The minimum atomic E-state index is -0.785. The molecule has 0 aliphatic carbocycles. The zero-order valence-corrected chi connectivity index (χ0v) is 12.0. The predicted molar refractivity (Wildman–Crippen MR) is 80.6 cm³/mol. The topological polar surface area (TPSA) is 50.7 Å². The predicted octanol–water partition coefficient (Wildman–Crippen LogP) is 4.72. The summed E-state index contributed by atoms with van der Waals surface area (Å²) in [4.78, 5) is 16.1. The summed E-state index contributed by atoms with van der Waals surface area (Å²) in [6, 6.07) is 10.1. The lowest BCUT2D eigenvalue weighted by Crippen LogP contribution is -2.10. The van der Waals surface area contributed by atoms with Gasteiger partial charge in [-0.25, -0.2) is 9.18 Å². The van der Waals surface area contributed by atoms with Gasteiger partial charge in [-0.1, -0.05) is 40.5 Å². The molecule has 0 aromatic heterocycles. The Kier molecular flexibility index (Phi) is 5.14. The molecule has 1 N–H and O–H groups in total. The molecule has 0 bridgehead atoms. The molecule has 0 saturated heterocycles. The van der Waals surface area contributed by atoms with Crippen LogP contribution in [0.25, 0.3) is 0 Å². The normalized spacial score (nSPS) is 10.6. The molecule has 21 heavy (non-hydrogen) atoms. The first-order valence-corrected chi connectivity index (χ1v) is 6.52. The van der Waals surface area contributed by atoms with Crippen LogP contribution in [0, 0.1) is 5.82 Å². The van der Waals surface area contributed by atoms with Crippen molar-refractivity contribution in [3.63, 3.8) is 0 Å². The molecule has 0 atom stereocenters. The van der Waals surface area contributed by atoms with E-state index in [4.69, 9.17) is 23.2 Å². The van der Waals surface area contributed by atoms with Gasteiger partial charge in [-0.2, -0.15) is 0 Å². The number of carbonyl (C=O) groups is 1. The number of nitrogens with zero attached hydrogens (tertiary/aromatic N) is 1. The van der Waals surface area contributed by atoms with Gasteiger partial charge in [-0.05, 0) is 35.9 Å². The van der Waals surface area contributed by atoms with Crippen molar-refractivity contribution in [2.75, 3.05) is 5.32 Å². The van der Waals surface area contributed by atoms with Crippen molar-refractivity contribution in [3.05, 3.63) is 63.9 Å². The summed E-state index contributed by atoms with van der Waals surface area (Å²) < 4.78 is 12.7. The molecule has 0 unspecified atom stereocenters. The van der Waals surface area contributed by atoms with Crippen LogP contribution in [-0.4, -0.2) is 12.3 Å². The van der Waals surface area contributed by atoms with E-state index in [1.54, 1.807) is 12.1 Å². The summed E-state index contributed by atoms with van der Waals surface area (Å²) in [5.74, 6) is -0.356. The Morgan fingerprint density at radius 2 is 1.86 bits per heavy atom. The van der Waals surface area contributed by atoms with Crippen LogP contribution in [0.5, 0.6) is 0 Å². The van der Waals surface area contributed by atoms with E-state index in [1.165, 1.54) is 36.5 Å². The maximum atomic E-state index is 12.7. The third-order valence-electron chi connectivity index (χ3n) is 2.37. The number of hydrogen-bond acceptors (Lipinski definition) is 3. The zero-order chi connectivity index (χ0) is 15.2. The van der Waals surface area contributed by atoms with Crippen molar-refractivity contribution in [1.29, 1.82) is 0 Å². The standard InChI is InChI=1S/C14H9Cl2FN2O2/c15-12-6-5-11(7-13(12)16)19-14(20)21-18-8-9-1-3-10(17)4-2-9/h1-8H,(H,19,20). The maximum Gasteiger partial charge on any atom is 0.437 e. The van der Waals surface area contributed by atoms with E-state index < -0.39 is 6.09 Å². The van der Waals surface area contributed by atoms with Crippen LogP contribution in [0.2, 0.25) is 10.0 Å². The van der Waals surface area contributed by atoms with Gasteiger partial charge in [0.2, 0.25) is 0 Å². The zero-order valence-electron chi connectivity index (χ0n) is 10.5. The molecule has 2 rings (SSSR count). The summed E-state index contributed by atoms with van der Waals surface area (Å²) in [6.45, 7) is 0. The molecule has 0 spiro atoms. The van der Waals surface area contributed by atoms with E-state index in [9.17, 15) is 9.18 Å². The van der Waals surface area contributed by atoms with Crippen LogP contribution in [0.3, 0.4) is 0 Å². The SMILES string of the molecule is O=C(Nc1ccc(Cl)c(Cl)c1)ON=Cc1ccc(F)cc1. The molecule has 108 valence electrons. The minimum absolute atomic E-state index is 0.310. The average molecular weight is 327 g/mol. The molecule has 4 nitrogen and oxygen atoms in total. The van der Waals surface area contributed by atoms with Crippen molar-refractivity contribution >= 4 is 41.2 Å². The fraction of sp³-hybridized carbons (Fsp3) is 0. The van der Waals surface area contributed by atoms with Crippen LogP contribution in [0.4, 0.5) is 14.9 Å². The first-order chi connectivity index (χ1) is 10.0. The lowest BCUT2D eigenvalue weighted by molar-refractivity contribution is 0.167. The third kappa shape index (κ3) is 4.73. The molecule has 0 radical (unpaired) electrons. The fourth-order valence-electron chi connectivity index (χ4n) is 1.40. The highest BCUT2D eigenvalue weighted by Crippen LogP contribution is 2.24. The summed E-state index contributed by atoms with van der Waals surface area (Å²) >= 11 is 11.6. The van der Waals surface area contributed by atoms with Crippen molar-refractivity contribution in [3.8, 4) is 0 Å². The molecule has 2 aromatic rings. The first-order valence-electron chi connectivity index (χ1n) is 5.76. The number of hydrogen-bond donors (Lipinski definition) is 1. The van der Waals surface area contributed by atoms with Crippen LogP contribution >= 0.6 is 23.2 Å². The molecule has 0 aliphatic heterocycles. The highest BCUT2D eigenvalue weighted by molar-refractivity contribution is 6.42. The van der Waals surface area contributed by atoms with Crippen molar-refractivity contribution in [1.82, 2.24) is 0 Å². The number of nitrogens with one attached hydrogen (secondary N) is 1. The van der Waals surface area contributed by atoms with Crippen molar-refractivity contribution in [2.24, 2.45) is 5.16 Å². The number of halogens is 3. The number of benzene rings is 2. The Morgan fingerprint density at radius 1 is 1.14 bits per heavy atom. The highest BCUT2D eigenvalue weighted by atomic mass is 35.5. The largest absolute Gasteiger partial charge is 0.437 e. The van der Waals surface area contributed by atoms with E-state index in [0.29, 0.717) is 21.3 Å². The Labute approximate surface area is 130 Å². The van der Waals surface area contributed by atoms with E-state index in [1.807, 2.05) is 0 Å². The molecule has 7 heteroatoms. The van der Waals surface area contributed by atoms with Gasteiger partial charge in [-0.3, -0.25) is 10.2 Å². The molecule has 1 amide bonds. The van der Waals surface area contributed by atoms with Gasteiger partial charge in [0.25, 0.3) is 0 Å². The Morgan fingerprint density at radius 3 is 2.52 bits per heavy atom. The quantitative estimate of drug-likeness (QED) is 0.504. The maximum absolute atomic E-state index is 12.7. The van der Waals surface area contributed by atoms with Crippen LogP contribution < -0.4 is 5.32 Å². The highest BCUT2D eigenvalue weighted by Gasteiger charge is 2.04. The third-order valence-corrected chi connectivity index (χ3v) is 3.11. The summed E-state index contributed by atoms with van der Waals surface area (Å²) in [7, 11) is 0. The molecule has 0 heterocycles. The second-order valence-corrected chi connectivity index (χ2v) is 4.73. The lowest BCUT2D eigenvalue weighted by Gasteiger charge is -2.03. The molecular formula is C14H9Cl2FN2O2. The second-order valence-electron chi connectivity index (χ2n) is 3.92. The number of oxime groups is 1. The summed E-state index contributed by atoms with van der Waals surface area (Å²) in [6.07, 6.45) is 0.500. The number of anilines is 1. The second kappa shape index (κ2) is 7.06. The van der Waals surface area contributed by atoms with Gasteiger partial charge in [-0.15, -0.1) is 0 Å². The first kappa shape index (κ1) is 15.3. The monoisotopic (exact) mass is 326 g/mol. The molecule has 0 aliphatic rings. The van der Waals surface area contributed by atoms with Gasteiger partial charge in [0.05, 0.1) is 16.3 Å². The average Bonchev–Trinajstić information content (AvgIpc) is 2.45. The van der Waals surface area contributed by atoms with Gasteiger partial charge in [0.15, 0.2) is 0 Å². The van der Waals surface area contributed by atoms with E-state index in [2.05, 4.69) is 15.3 Å². The lowest BCUT2D eigenvalue weighted by atomic mass is 10.2. The van der Waals surface area contributed by atoms with Crippen LogP contribution in [0.1, 0.15) is 5.56 Å². The van der Waals surface area contributed by atoms with Crippen LogP contribution in [-0.2, 0) is 4.84 Å². The van der Waals surface area contributed by atoms with Gasteiger partial charge >= 0.3 is 6.09 Å². The Hall–Kier alpha value is -2.11. The minimum Gasteiger partial charge on any atom is -0.298 e. The van der Waals surface area contributed by atoms with Gasteiger partial charge < -0.3 is 0 Å². The Bertz CT molecular complexity index is 675. The molecular weight excluding hydrogens is 318 g/mol. The summed E-state index contributed by atoms with van der Waals surface area (Å²) in [5, 5.41) is 6.61.